The first-order valence-electron chi connectivity index (χ1n) is 12.1. The summed E-state index contributed by atoms with van der Waals surface area (Å²) >= 11 is 0. The van der Waals surface area contributed by atoms with Crippen molar-refractivity contribution >= 4 is 39.4 Å². The molecular weight excluding hydrogens is 464 g/mol. The maximum Gasteiger partial charge on any atom is 0.335 e. The number of carbonyl (C=O) groups excluding carboxylic acids is 2. The lowest BCUT2D eigenvalue weighted by Crippen LogP contribution is -2.21. The van der Waals surface area contributed by atoms with Crippen molar-refractivity contribution < 1.29 is 14.3 Å². The first kappa shape index (κ1) is 23.9. The Hall–Kier alpha value is -4.78. The molecule has 5 rings (SSSR count). The molecule has 0 saturated carbocycles. The van der Waals surface area contributed by atoms with Crippen LogP contribution in [0.5, 0.6) is 5.75 Å². The standard InChI is InChI=1S/C30H26N4O3/c1-4-28(35)37-21-14-11-19(12-15-21)30(36)33-25-18-27-29(23-10-8-7-9-22(23)25)32-24-16-13-20(17-26(24)31-27)34(5-2)6-3/h4,7-18,31H,1,5-6H2,2-3H3/b33-25-. The van der Waals surface area contributed by atoms with Gasteiger partial charge in [-0.25, -0.2) is 14.8 Å². The predicted molar refractivity (Wildman–Crippen MR) is 146 cm³/mol. The van der Waals surface area contributed by atoms with Crippen LogP contribution in [0.2, 0.25) is 0 Å². The molecule has 1 amide bonds. The molecule has 0 radical (unpaired) electrons. The molecule has 7 heteroatoms. The van der Waals surface area contributed by atoms with Crippen molar-refractivity contribution in [2.45, 2.75) is 13.8 Å². The topological polar surface area (TPSA) is 87.7 Å². The van der Waals surface area contributed by atoms with Crippen LogP contribution < -0.4 is 15.0 Å². The van der Waals surface area contributed by atoms with Crippen LogP contribution >= 0.6 is 0 Å². The molecule has 37 heavy (non-hydrogen) atoms. The number of hydrogen-bond acceptors (Lipinski definition) is 5. The summed E-state index contributed by atoms with van der Waals surface area (Å²) in [6.07, 6.45) is 1.08. The van der Waals surface area contributed by atoms with Gasteiger partial charge in [-0.05, 0) is 62.4 Å². The number of fused-ring (bicyclic) bond motifs is 4. The number of ether oxygens (including phenoxy) is 1. The number of esters is 1. The van der Waals surface area contributed by atoms with Crippen molar-refractivity contribution in [3.05, 3.63) is 96.4 Å². The molecule has 184 valence electrons. The molecule has 1 heterocycles. The zero-order valence-electron chi connectivity index (χ0n) is 20.7. The normalized spacial score (nSPS) is 11.7. The Morgan fingerprint density at radius 1 is 1.00 bits per heavy atom. The number of benzene rings is 4. The van der Waals surface area contributed by atoms with Crippen molar-refractivity contribution in [3.8, 4) is 17.1 Å². The van der Waals surface area contributed by atoms with Crippen LogP contribution in [0.25, 0.3) is 33.2 Å². The molecule has 0 unspecified atom stereocenters. The monoisotopic (exact) mass is 490 g/mol. The Morgan fingerprint density at radius 3 is 2.43 bits per heavy atom. The average Bonchev–Trinajstić information content (AvgIpc) is 2.93. The Labute approximate surface area is 214 Å². The summed E-state index contributed by atoms with van der Waals surface area (Å²) < 4.78 is 5.08. The molecule has 7 nitrogen and oxygen atoms in total. The van der Waals surface area contributed by atoms with Crippen LogP contribution in [0.15, 0.2) is 90.4 Å². The molecule has 0 saturated heterocycles. The number of nitrogens with zero attached hydrogens (tertiary/aromatic N) is 3. The van der Waals surface area contributed by atoms with Gasteiger partial charge in [0.2, 0.25) is 0 Å². The number of rotatable bonds is 6. The lowest BCUT2D eigenvalue weighted by molar-refractivity contribution is -0.128. The van der Waals surface area contributed by atoms with Crippen molar-refractivity contribution in [1.29, 1.82) is 0 Å². The lowest BCUT2D eigenvalue weighted by Gasteiger charge is -2.21. The van der Waals surface area contributed by atoms with E-state index in [0.717, 1.165) is 58.0 Å². The zero-order valence-corrected chi connectivity index (χ0v) is 20.7. The van der Waals surface area contributed by atoms with E-state index in [1.165, 1.54) is 0 Å². The van der Waals surface area contributed by atoms with E-state index < -0.39 is 11.9 Å². The maximum atomic E-state index is 13.1. The second kappa shape index (κ2) is 10.1. The Morgan fingerprint density at radius 2 is 1.73 bits per heavy atom. The molecule has 0 bridgehead atoms. The third-order valence-corrected chi connectivity index (χ3v) is 6.31. The number of carbonyl (C=O) groups is 2. The Bertz CT molecular complexity index is 1680. The van der Waals surface area contributed by atoms with Gasteiger partial charge in [0.1, 0.15) is 5.75 Å². The van der Waals surface area contributed by atoms with Crippen LogP contribution in [0.3, 0.4) is 0 Å². The van der Waals surface area contributed by atoms with Gasteiger partial charge in [-0.15, -0.1) is 0 Å². The van der Waals surface area contributed by atoms with E-state index in [1.54, 1.807) is 24.3 Å². The van der Waals surface area contributed by atoms with Crippen LogP contribution in [0.1, 0.15) is 24.2 Å². The fourth-order valence-corrected chi connectivity index (χ4v) is 4.42. The van der Waals surface area contributed by atoms with Gasteiger partial charge in [0.15, 0.2) is 0 Å². The molecule has 0 fully saturated rings. The fraction of sp³-hybridized carbons (Fsp3) is 0.133. The third-order valence-electron chi connectivity index (χ3n) is 6.31. The molecule has 0 spiro atoms. The van der Waals surface area contributed by atoms with E-state index >= 15 is 0 Å². The van der Waals surface area contributed by atoms with Crippen LogP contribution in [-0.4, -0.2) is 34.9 Å². The lowest BCUT2D eigenvalue weighted by atomic mass is 10.0. The molecule has 1 aliphatic heterocycles. The number of aromatic amines is 1. The minimum absolute atomic E-state index is 0.328. The van der Waals surface area contributed by atoms with Gasteiger partial charge in [-0.2, -0.15) is 0 Å². The first-order chi connectivity index (χ1) is 18.0. The van der Waals surface area contributed by atoms with Crippen molar-refractivity contribution in [3.63, 3.8) is 0 Å². The van der Waals surface area contributed by atoms with Crippen LogP contribution in [0, 0.1) is 0 Å². The minimum atomic E-state index is -0.562. The van der Waals surface area contributed by atoms with E-state index in [2.05, 4.69) is 47.4 Å². The fourth-order valence-electron chi connectivity index (χ4n) is 4.42. The van der Waals surface area contributed by atoms with Gasteiger partial charge in [0.05, 0.1) is 27.8 Å². The van der Waals surface area contributed by atoms with E-state index in [0.29, 0.717) is 16.7 Å². The van der Waals surface area contributed by atoms with Crippen LogP contribution in [0.4, 0.5) is 5.69 Å². The molecule has 2 aliphatic rings. The van der Waals surface area contributed by atoms with Crippen LogP contribution in [-0.2, 0) is 4.79 Å². The highest BCUT2D eigenvalue weighted by atomic mass is 16.5. The zero-order chi connectivity index (χ0) is 25.9. The number of aromatic nitrogens is 2. The van der Waals surface area contributed by atoms with E-state index in [1.807, 2.05) is 36.4 Å². The molecule has 3 aromatic carbocycles. The summed E-state index contributed by atoms with van der Waals surface area (Å²) in [4.78, 5) is 39.7. The van der Waals surface area contributed by atoms with E-state index in [-0.39, 0.29) is 0 Å². The quantitative estimate of drug-likeness (QED) is 0.112. The summed E-state index contributed by atoms with van der Waals surface area (Å²) in [5.74, 6) is -0.633. The molecule has 1 N–H and O–H groups in total. The average molecular weight is 491 g/mol. The third kappa shape index (κ3) is 4.71. The smallest absolute Gasteiger partial charge is 0.335 e. The SMILES string of the molecule is C=CC(=O)Oc1ccc(C(=O)/N=c2/cc3[nH]c4cc(N(CC)CC)ccc4nc-3c3ccccc23)cc1. The largest absolute Gasteiger partial charge is 0.423 e. The summed E-state index contributed by atoms with van der Waals surface area (Å²) in [7, 11) is 0. The van der Waals surface area contributed by atoms with Gasteiger partial charge in [-0.1, -0.05) is 30.8 Å². The summed E-state index contributed by atoms with van der Waals surface area (Å²) in [5.41, 5.74) is 4.89. The van der Waals surface area contributed by atoms with Gasteiger partial charge < -0.3 is 14.6 Å². The summed E-state index contributed by atoms with van der Waals surface area (Å²) in [6, 6.07) is 22.2. The van der Waals surface area contributed by atoms with E-state index in [9.17, 15) is 9.59 Å². The second-order valence-electron chi connectivity index (χ2n) is 8.51. The molecule has 1 aliphatic carbocycles. The molecular formula is C30H26N4O3. The predicted octanol–water partition coefficient (Wildman–Crippen LogP) is 5.50. The Balaban J connectivity index is 1.62. The van der Waals surface area contributed by atoms with Gasteiger partial charge in [0.25, 0.3) is 5.91 Å². The van der Waals surface area contributed by atoms with E-state index in [4.69, 9.17) is 9.72 Å². The van der Waals surface area contributed by atoms with Gasteiger partial charge in [0, 0.05) is 41.2 Å². The summed E-state index contributed by atoms with van der Waals surface area (Å²) in [5, 5.41) is 2.29. The maximum absolute atomic E-state index is 13.1. The van der Waals surface area contributed by atoms with Gasteiger partial charge in [-0.3, -0.25) is 4.79 Å². The first-order valence-corrected chi connectivity index (χ1v) is 12.1. The van der Waals surface area contributed by atoms with Crippen molar-refractivity contribution in [1.82, 2.24) is 9.97 Å². The highest BCUT2D eigenvalue weighted by Gasteiger charge is 2.15. The number of nitrogens with one attached hydrogen (secondary N) is 1. The second-order valence-corrected chi connectivity index (χ2v) is 8.51. The Kier molecular flexibility index (Phi) is 6.51. The highest BCUT2D eigenvalue weighted by Crippen LogP contribution is 2.29. The van der Waals surface area contributed by atoms with Crippen molar-refractivity contribution in [2.24, 2.45) is 4.99 Å². The number of H-pyrrole nitrogens is 1. The van der Waals surface area contributed by atoms with Gasteiger partial charge >= 0.3 is 5.97 Å². The molecule has 0 atom stereocenters. The summed E-state index contributed by atoms with van der Waals surface area (Å²) in [6.45, 7) is 9.47. The molecule has 3 aromatic rings. The number of amides is 1. The highest BCUT2D eigenvalue weighted by molar-refractivity contribution is 6.00. The number of anilines is 1. The van der Waals surface area contributed by atoms with Crippen molar-refractivity contribution in [2.75, 3.05) is 18.0 Å². The molecule has 0 aromatic heterocycles. The minimum Gasteiger partial charge on any atom is -0.423 e. The number of hydrogen-bond donors (Lipinski definition) is 1.